The third-order valence-corrected chi connectivity index (χ3v) is 3.04. The van der Waals surface area contributed by atoms with Gasteiger partial charge in [-0.1, -0.05) is 45.4 Å². The summed E-state index contributed by atoms with van der Waals surface area (Å²) in [4.78, 5) is 11.2. The maximum atomic E-state index is 11.2. The van der Waals surface area contributed by atoms with Gasteiger partial charge in [-0.2, -0.15) is 0 Å². The first-order valence-corrected chi connectivity index (χ1v) is 6.56. The topological polar surface area (TPSA) is 38.8 Å². The summed E-state index contributed by atoms with van der Waals surface area (Å²) in [6.45, 7) is 4.82. The van der Waals surface area contributed by atoms with Crippen LogP contribution in [0.4, 0.5) is 0 Å². The van der Waals surface area contributed by atoms with Gasteiger partial charge in [0.1, 0.15) is 0 Å². The van der Waals surface area contributed by atoms with E-state index in [1.54, 1.807) is 6.92 Å². The van der Waals surface area contributed by atoms with Crippen molar-refractivity contribution in [2.75, 3.05) is 13.2 Å². The van der Waals surface area contributed by atoms with Gasteiger partial charge in [0.05, 0.1) is 13.2 Å². The second-order valence-electron chi connectivity index (χ2n) is 4.52. The van der Waals surface area contributed by atoms with Crippen LogP contribution in [-0.4, -0.2) is 24.8 Å². The van der Waals surface area contributed by atoms with Gasteiger partial charge in [-0.3, -0.25) is 0 Å². The van der Waals surface area contributed by atoms with Crippen molar-refractivity contribution in [3.8, 4) is 0 Å². The molecule has 0 amide bonds. The van der Waals surface area contributed by atoms with E-state index in [1.807, 2.05) is 6.92 Å². The number of carbonyl (C=O) groups is 1. The van der Waals surface area contributed by atoms with Crippen molar-refractivity contribution in [2.24, 2.45) is 0 Å². The summed E-state index contributed by atoms with van der Waals surface area (Å²) in [6.07, 6.45) is 9.24. The number of carbonyl (C=O) groups excluding carboxylic acids is 1. The zero-order chi connectivity index (χ0) is 11.9. The average Bonchev–Trinajstić information content (AvgIpc) is 2.83. The van der Waals surface area contributed by atoms with Crippen molar-refractivity contribution in [3.05, 3.63) is 0 Å². The lowest BCUT2D eigenvalue weighted by Crippen LogP contribution is -2.26. The molecule has 0 N–H and O–H groups in total. The maximum absolute atomic E-state index is 11.2. The fourth-order valence-corrected chi connectivity index (χ4v) is 2.00. The van der Waals surface area contributed by atoms with Crippen molar-refractivity contribution in [1.29, 1.82) is 0 Å². The standard InChI is InChI=1S/C8H14O3.C5H10/c1-3-5-8(6-11-8)7(9)10-4-2;1-2-4-5-3-1/h3-6H2,1-2H3;1-5H2. The van der Waals surface area contributed by atoms with Gasteiger partial charge in [0.25, 0.3) is 0 Å². The number of hydrogen-bond donors (Lipinski definition) is 0. The molecule has 94 valence electrons. The van der Waals surface area contributed by atoms with Crippen LogP contribution in [0.5, 0.6) is 0 Å². The van der Waals surface area contributed by atoms with E-state index in [0.29, 0.717) is 13.2 Å². The van der Waals surface area contributed by atoms with E-state index in [-0.39, 0.29) is 5.97 Å². The molecule has 1 saturated heterocycles. The summed E-state index contributed by atoms with van der Waals surface area (Å²) in [7, 11) is 0. The molecule has 0 aromatic carbocycles. The lowest BCUT2D eigenvalue weighted by molar-refractivity contribution is -0.149. The van der Waals surface area contributed by atoms with Crippen molar-refractivity contribution in [3.63, 3.8) is 0 Å². The molecule has 1 atom stereocenters. The molecule has 3 nitrogen and oxygen atoms in total. The van der Waals surface area contributed by atoms with Gasteiger partial charge in [-0.05, 0) is 13.3 Å². The van der Waals surface area contributed by atoms with Gasteiger partial charge in [0.15, 0.2) is 5.60 Å². The largest absolute Gasteiger partial charge is 0.464 e. The summed E-state index contributed by atoms with van der Waals surface area (Å²) in [5.74, 6) is -0.193. The Bertz CT molecular complexity index is 198. The minimum atomic E-state index is -0.551. The second-order valence-corrected chi connectivity index (χ2v) is 4.52. The fourth-order valence-electron chi connectivity index (χ4n) is 2.00. The smallest absolute Gasteiger partial charge is 0.340 e. The quantitative estimate of drug-likeness (QED) is 0.548. The number of rotatable bonds is 4. The van der Waals surface area contributed by atoms with E-state index in [1.165, 1.54) is 32.1 Å². The predicted octanol–water partition coefficient (Wildman–Crippen LogP) is 3.07. The Labute approximate surface area is 98.5 Å². The van der Waals surface area contributed by atoms with Crippen LogP contribution in [0.3, 0.4) is 0 Å². The van der Waals surface area contributed by atoms with Crippen LogP contribution in [0.2, 0.25) is 0 Å². The third kappa shape index (κ3) is 4.12. The number of esters is 1. The minimum absolute atomic E-state index is 0.193. The third-order valence-electron chi connectivity index (χ3n) is 3.04. The molecule has 3 heteroatoms. The molecule has 0 spiro atoms. The van der Waals surface area contributed by atoms with E-state index < -0.39 is 5.60 Å². The Morgan fingerprint density at radius 1 is 1.19 bits per heavy atom. The van der Waals surface area contributed by atoms with Gasteiger partial charge in [-0.25, -0.2) is 4.79 Å². The highest BCUT2D eigenvalue weighted by Gasteiger charge is 2.52. The van der Waals surface area contributed by atoms with E-state index in [4.69, 9.17) is 9.47 Å². The van der Waals surface area contributed by atoms with Crippen molar-refractivity contribution < 1.29 is 14.3 Å². The molecule has 2 fully saturated rings. The Kier molecular flexibility index (Phi) is 5.81. The number of epoxide rings is 1. The molecule has 0 aromatic rings. The second kappa shape index (κ2) is 6.89. The first-order chi connectivity index (χ1) is 7.75. The molecule has 16 heavy (non-hydrogen) atoms. The van der Waals surface area contributed by atoms with Crippen molar-refractivity contribution in [1.82, 2.24) is 0 Å². The molecule has 2 aliphatic rings. The SMILES string of the molecule is C1CCCC1.CCCC1(C(=O)OCC)CO1. The summed E-state index contributed by atoms with van der Waals surface area (Å²) >= 11 is 0. The van der Waals surface area contributed by atoms with Crippen LogP contribution in [-0.2, 0) is 14.3 Å². The van der Waals surface area contributed by atoms with Gasteiger partial charge in [0.2, 0.25) is 0 Å². The Morgan fingerprint density at radius 2 is 1.69 bits per heavy atom. The average molecular weight is 228 g/mol. The van der Waals surface area contributed by atoms with Crippen molar-refractivity contribution in [2.45, 2.75) is 64.4 Å². The van der Waals surface area contributed by atoms with Crippen LogP contribution in [0.25, 0.3) is 0 Å². The first-order valence-electron chi connectivity index (χ1n) is 6.56. The Hall–Kier alpha value is -0.570. The summed E-state index contributed by atoms with van der Waals surface area (Å²) < 4.78 is 9.93. The molecular formula is C13H24O3. The highest BCUT2D eigenvalue weighted by molar-refractivity contribution is 5.82. The van der Waals surface area contributed by atoms with Crippen molar-refractivity contribution >= 4 is 5.97 Å². The molecule has 1 heterocycles. The molecule has 0 radical (unpaired) electrons. The summed E-state index contributed by atoms with van der Waals surface area (Å²) in [5, 5.41) is 0. The van der Waals surface area contributed by atoms with E-state index in [2.05, 4.69) is 0 Å². The van der Waals surface area contributed by atoms with Crippen LogP contribution in [0, 0.1) is 0 Å². The van der Waals surface area contributed by atoms with E-state index in [9.17, 15) is 4.79 Å². The zero-order valence-electron chi connectivity index (χ0n) is 10.6. The first kappa shape index (κ1) is 13.5. The normalized spacial score (nSPS) is 26.9. The predicted molar refractivity (Wildman–Crippen MR) is 63.3 cm³/mol. The van der Waals surface area contributed by atoms with Gasteiger partial charge in [-0.15, -0.1) is 0 Å². The molecular weight excluding hydrogens is 204 g/mol. The zero-order valence-corrected chi connectivity index (χ0v) is 10.6. The molecule has 1 unspecified atom stereocenters. The lowest BCUT2D eigenvalue weighted by atomic mass is 10.1. The highest BCUT2D eigenvalue weighted by atomic mass is 16.6. The lowest BCUT2D eigenvalue weighted by Gasteiger charge is -2.08. The van der Waals surface area contributed by atoms with Gasteiger partial charge in [0, 0.05) is 0 Å². The number of hydrogen-bond acceptors (Lipinski definition) is 3. The molecule has 2 rings (SSSR count). The monoisotopic (exact) mass is 228 g/mol. The van der Waals surface area contributed by atoms with E-state index >= 15 is 0 Å². The number of ether oxygens (including phenoxy) is 2. The van der Waals surface area contributed by atoms with Gasteiger partial charge < -0.3 is 9.47 Å². The van der Waals surface area contributed by atoms with E-state index in [0.717, 1.165) is 12.8 Å². The molecule has 0 bridgehead atoms. The molecule has 1 saturated carbocycles. The maximum Gasteiger partial charge on any atom is 0.340 e. The minimum Gasteiger partial charge on any atom is -0.464 e. The van der Waals surface area contributed by atoms with Crippen LogP contribution in [0.15, 0.2) is 0 Å². The molecule has 1 aliphatic heterocycles. The van der Waals surface area contributed by atoms with Gasteiger partial charge >= 0.3 is 5.97 Å². The highest BCUT2D eigenvalue weighted by Crippen LogP contribution is 2.33. The fraction of sp³-hybridized carbons (Fsp3) is 0.923. The summed E-state index contributed by atoms with van der Waals surface area (Å²) in [6, 6.07) is 0. The Balaban J connectivity index is 0.000000212. The molecule has 0 aromatic heterocycles. The van der Waals surface area contributed by atoms with Crippen LogP contribution in [0.1, 0.15) is 58.8 Å². The van der Waals surface area contributed by atoms with Crippen LogP contribution < -0.4 is 0 Å². The Morgan fingerprint density at radius 3 is 2.00 bits per heavy atom. The molecule has 1 aliphatic carbocycles. The summed E-state index contributed by atoms with van der Waals surface area (Å²) in [5.41, 5.74) is -0.551. The van der Waals surface area contributed by atoms with Crippen LogP contribution >= 0.6 is 0 Å².